The Bertz CT molecular complexity index is 273. The quantitative estimate of drug-likeness (QED) is 0.742. The Morgan fingerprint density at radius 1 is 1.19 bits per heavy atom. The molecule has 0 radical (unpaired) electrons. The van der Waals surface area contributed by atoms with Gasteiger partial charge < -0.3 is 10.4 Å². The van der Waals surface area contributed by atoms with Gasteiger partial charge in [-0.05, 0) is 25.3 Å². The van der Waals surface area contributed by atoms with E-state index in [0.29, 0.717) is 6.04 Å². The predicted molar refractivity (Wildman–Crippen MR) is 68.4 cm³/mol. The molecule has 90 valence electrons. The van der Waals surface area contributed by atoms with E-state index < -0.39 is 0 Å². The van der Waals surface area contributed by atoms with Crippen molar-refractivity contribution in [3.05, 3.63) is 35.9 Å². The summed E-state index contributed by atoms with van der Waals surface area (Å²) in [7, 11) is 0. The summed E-state index contributed by atoms with van der Waals surface area (Å²) < 4.78 is 0. The predicted octanol–water partition coefficient (Wildman–Crippen LogP) is 2.89. The topological polar surface area (TPSA) is 32.3 Å². The van der Waals surface area contributed by atoms with E-state index in [1.54, 1.807) is 0 Å². The first-order chi connectivity index (χ1) is 7.77. The third kappa shape index (κ3) is 4.33. The fourth-order valence-corrected chi connectivity index (χ4v) is 2.02. The summed E-state index contributed by atoms with van der Waals surface area (Å²) in [5.74, 6) is 0. The number of aliphatic hydroxyl groups is 1. The summed E-state index contributed by atoms with van der Waals surface area (Å²) >= 11 is 0. The van der Waals surface area contributed by atoms with Gasteiger partial charge in [-0.3, -0.25) is 0 Å². The molecule has 1 aromatic carbocycles. The first-order valence-corrected chi connectivity index (χ1v) is 6.19. The second-order valence-electron chi connectivity index (χ2n) is 4.33. The van der Waals surface area contributed by atoms with Crippen molar-refractivity contribution < 1.29 is 5.11 Å². The van der Waals surface area contributed by atoms with E-state index in [1.807, 2.05) is 18.2 Å². The van der Waals surface area contributed by atoms with Crippen molar-refractivity contribution in [3.63, 3.8) is 0 Å². The highest BCUT2D eigenvalue weighted by Crippen LogP contribution is 2.17. The number of aliphatic hydroxyl groups excluding tert-OH is 1. The summed E-state index contributed by atoms with van der Waals surface area (Å²) in [5.41, 5.74) is 1.26. The highest BCUT2D eigenvalue weighted by atomic mass is 16.3. The maximum absolute atomic E-state index is 9.10. The Labute approximate surface area is 98.7 Å². The van der Waals surface area contributed by atoms with Crippen LogP contribution in [0.25, 0.3) is 0 Å². The summed E-state index contributed by atoms with van der Waals surface area (Å²) in [6, 6.07) is 11.1. The molecule has 0 saturated carbocycles. The third-order valence-electron chi connectivity index (χ3n) is 2.83. The number of hydrogen-bond donors (Lipinski definition) is 2. The minimum Gasteiger partial charge on any atom is -0.396 e. The van der Waals surface area contributed by atoms with Gasteiger partial charge in [0, 0.05) is 18.7 Å². The van der Waals surface area contributed by atoms with E-state index in [4.69, 9.17) is 5.11 Å². The average Bonchev–Trinajstić information content (AvgIpc) is 2.30. The van der Waals surface area contributed by atoms with Gasteiger partial charge in [0.25, 0.3) is 0 Å². The van der Waals surface area contributed by atoms with Crippen molar-refractivity contribution in [2.45, 2.75) is 45.2 Å². The second kappa shape index (κ2) is 7.42. The molecule has 2 heteroatoms. The van der Waals surface area contributed by atoms with Crippen LogP contribution in [0.4, 0.5) is 0 Å². The zero-order valence-corrected chi connectivity index (χ0v) is 10.3. The van der Waals surface area contributed by atoms with Crippen LogP contribution in [-0.4, -0.2) is 17.8 Å². The van der Waals surface area contributed by atoms with Gasteiger partial charge in [0.15, 0.2) is 0 Å². The molecule has 1 unspecified atom stereocenters. The molecule has 0 heterocycles. The van der Waals surface area contributed by atoms with E-state index in [1.165, 1.54) is 18.4 Å². The van der Waals surface area contributed by atoms with Crippen LogP contribution < -0.4 is 5.32 Å². The van der Waals surface area contributed by atoms with Crippen molar-refractivity contribution in [2.24, 2.45) is 0 Å². The molecule has 1 aromatic rings. The number of benzene rings is 1. The Morgan fingerprint density at radius 2 is 1.88 bits per heavy atom. The van der Waals surface area contributed by atoms with Gasteiger partial charge >= 0.3 is 0 Å². The standard InChI is InChI=1S/C14H23NO/c1-3-7-12(2)15-14(10-11-16)13-8-5-4-6-9-13/h4-6,8-9,12,14-16H,3,7,10-11H2,1-2H3/t12?,14-/m1/s1. The molecule has 0 fully saturated rings. The lowest BCUT2D eigenvalue weighted by atomic mass is 10.0. The van der Waals surface area contributed by atoms with E-state index in [9.17, 15) is 0 Å². The number of nitrogens with one attached hydrogen (secondary N) is 1. The van der Waals surface area contributed by atoms with E-state index in [0.717, 1.165) is 6.42 Å². The van der Waals surface area contributed by atoms with Crippen molar-refractivity contribution in [1.82, 2.24) is 5.32 Å². The minimum atomic E-state index is 0.228. The molecule has 0 aliphatic carbocycles. The van der Waals surface area contributed by atoms with Gasteiger partial charge in [-0.15, -0.1) is 0 Å². The van der Waals surface area contributed by atoms with Crippen LogP contribution in [0, 0.1) is 0 Å². The minimum absolute atomic E-state index is 0.228. The van der Waals surface area contributed by atoms with E-state index in [-0.39, 0.29) is 12.6 Å². The molecule has 2 nitrogen and oxygen atoms in total. The smallest absolute Gasteiger partial charge is 0.0449 e. The largest absolute Gasteiger partial charge is 0.396 e. The number of rotatable bonds is 7. The summed E-state index contributed by atoms with van der Waals surface area (Å²) in [4.78, 5) is 0. The molecule has 0 amide bonds. The maximum Gasteiger partial charge on any atom is 0.0449 e. The Morgan fingerprint density at radius 3 is 2.44 bits per heavy atom. The van der Waals surface area contributed by atoms with Crippen molar-refractivity contribution in [2.75, 3.05) is 6.61 Å². The first kappa shape index (κ1) is 13.2. The second-order valence-corrected chi connectivity index (χ2v) is 4.33. The molecular weight excluding hydrogens is 198 g/mol. The zero-order chi connectivity index (χ0) is 11.8. The van der Waals surface area contributed by atoms with Crippen LogP contribution in [0.2, 0.25) is 0 Å². The first-order valence-electron chi connectivity index (χ1n) is 6.19. The lowest BCUT2D eigenvalue weighted by Gasteiger charge is -2.23. The zero-order valence-electron chi connectivity index (χ0n) is 10.3. The van der Waals surface area contributed by atoms with Gasteiger partial charge in [-0.1, -0.05) is 43.7 Å². The van der Waals surface area contributed by atoms with Gasteiger partial charge in [-0.25, -0.2) is 0 Å². The molecule has 0 aliphatic rings. The lowest BCUT2D eigenvalue weighted by Crippen LogP contribution is -2.31. The molecule has 2 atom stereocenters. The molecule has 0 spiro atoms. The molecule has 2 N–H and O–H groups in total. The van der Waals surface area contributed by atoms with Crippen LogP contribution in [0.5, 0.6) is 0 Å². The molecule has 0 aliphatic heterocycles. The molecular formula is C14H23NO. The van der Waals surface area contributed by atoms with E-state index >= 15 is 0 Å². The van der Waals surface area contributed by atoms with Gasteiger partial charge in [0.05, 0.1) is 0 Å². The lowest BCUT2D eigenvalue weighted by molar-refractivity contribution is 0.258. The fraction of sp³-hybridized carbons (Fsp3) is 0.571. The fourth-order valence-electron chi connectivity index (χ4n) is 2.02. The summed E-state index contributed by atoms with van der Waals surface area (Å²) in [6.45, 7) is 4.63. The van der Waals surface area contributed by atoms with Crippen LogP contribution >= 0.6 is 0 Å². The molecule has 0 aromatic heterocycles. The number of hydrogen-bond acceptors (Lipinski definition) is 2. The van der Waals surface area contributed by atoms with Crippen molar-refractivity contribution >= 4 is 0 Å². The average molecular weight is 221 g/mol. The Hall–Kier alpha value is -0.860. The van der Waals surface area contributed by atoms with Crippen LogP contribution in [0.1, 0.15) is 44.7 Å². The Kier molecular flexibility index (Phi) is 6.12. The highest BCUT2D eigenvalue weighted by molar-refractivity contribution is 5.18. The van der Waals surface area contributed by atoms with Crippen LogP contribution in [-0.2, 0) is 0 Å². The van der Waals surface area contributed by atoms with Crippen molar-refractivity contribution in [1.29, 1.82) is 0 Å². The SMILES string of the molecule is CCCC(C)N[C@H](CCO)c1ccccc1. The highest BCUT2D eigenvalue weighted by Gasteiger charge is 2.12. The molecule has 16 heavy (non-hydrogen) atoms. The van der Waals surface area contributed by atoms with Crippen LogP contribution in [0.3, 0.4) is 0 Å². The van der Waals surface area contributed by atoms with Crippen LogP contribution in [0.15, 0.2) is 30.3 Å². The van der Waals surface area contributed by atoms with Gasteiger partial charge in [0.2, 0.25) is 0 Å². The molecule has 0 saturated heterocycles. The van der Waals surface area contributed by atoms with Gasteiger partial charge in [-0.2, -0.15) is 0 Å². The normalized spacial score (nSPS) is 14.7. The monoisotopic (exact) mass is 221 g/mol. The van der Waals surface area contributed by atoms with Gasteiger partial charge in [0.1, 0.15) is 0 Å². The van der Waals surface area contributed by atoms with E-state index in [2.05, 4.69) is 31.3 Å². The molecule has 1 rings (SSSR count). The molecule has 0 bridgehead atoms. The Balaban J connectivity index is 2.60. The summed E-state index contributed by atoms with van der Waals surface area (Å²) in [5, 5.41) is 12.7. The third-order valence-corrected chi connectivity index (χ3v) is 2.83. The maximum atomic E-state index is 9.10. The van der Waals surface area contributed by atoms with Crippen molar-refractivity contribution in [3.8, 4) is 0 Å². The summed E-state index contributed by atoms with van der Waals surface area (Å²) in [6.07, 6.45) is 3.14.